The zero-order chi connectivity index (χ0) is 16.3. The molecule has 0 aromatic heterocycles. The van der Waals surface area contributed by atoms with Gasteiger partial charge in [0.15, 0.2) is 0 Å². The Morgan fingerprint density at radius 3 is 2.45 bits per heavy atom. The fourth-order valence-corrected chi connectivity index (χ4v) is 2.55. The molecule has 22 heavy (non-hydrogen) atoms. The summed E-state index contributed by atoms with van der Waals surface area (Å²) in [5.74, 6) is -0.342. The summed E-state index contributed by atoms with van der Waals surface area (Å²) in [6, 6.07) is 5.63. The number of carbonyl (C=O) groups excluding carboxylic acids is 2. The zero-order valence-electron chi connectivity index (χ0n) is 13.3. The topological polar surface area (TPSA) is 43.9 Å². The van der Waals surface area contributed by atoms with E-state index in [4.69, 9.17) is 0 Å². The van der Waals surface area contributed by atoms with Gasteiger partial charge >= 0.3 is 0 Å². The van der Waals surface area contributed by atoms with E-state index in [1.807, 2.05) is 11.9 Å². The molecule has 1 atom stereocenters. The van der Waals surface area contributed by atoms with Gasteiger partial charge < -0.3 is 9.80 Å². The molecule has 0 saturated carbocycles. The summed E-state index contributed by atoms with van der Waals surface area (Å²) in [6.45, 7) is 1.67. The fourth-order valence-electron chi connectivity index (χ4n) is 2.55. The maximum absolute atomic E-state index is 12.9. The minimum Gasteiger partial charge on any atom is -0.347 e. The average Bonchev–Trinajstić information content (AvgIpc) is 2.49. The van der Waals surface area contributed by atoms with Crippen LogP contribution < -0.4 is 0 Å². The van der Waals surface area contributed by atoms with Crippen molar-refractivity contribution < 1.29 is 14.0 Å². The molecule has 1 fully saturated rings. The van der Waals surface area contributed by atoms with Crippen LogP contribution in [0.4, 0.5) is 4.39 Å². The molecular weight excluding hydrogens is 285 g/mol. The van der Waals surface area contributed by atoms with E-state index >= 15 is 0 Å². The summed E-state index contributed by atoms with van der Waals surface area (Å²) in [5.41, 5.74) is 0.779. The van der Waals surface area contributed by atoms with Gasteiger partial charge in [0.25, 0.3) is 0 Å². The number of rotatable bonds is 3. The first-order chi connectivity index (χ1) is 10.4. The summed E-state index contributed by atoms with van der Waals surface area (Å²) in [6.07, 6.45) is 0.229. The molecule has 1 aromatic carbocycles. The molecule has 0 spiro atoms. The largest absolute Gasteiger partial charge is 0.347 e. The lowest BCUT2D eigenvalue weighted by atomic mass is 10.1. The quantitative estimate of drug-likeness (QED) is 0.821. The second kappa shape index (κ2) is 6.87. The van der Waals surface area contributed by atoms with Crippen molar-refractivity contribution in [3.8, 4) is 0 Å². The third-order valence-electron chi connectivity index (χ3n) is 4.00. The highest BCUT2D eigenvalue weighted by Crippen LogP contribution is 2.12. The molecule has 0 aliphatic carbocycles. The maximum Gasteiger partial charge on any atom is 0.241 e. The lowest BCUT2D eigenvalue weighted by Gasteiger charge is -2.39. The van der Waals surface area contributed by atoms with E-state index in [2.05, 4.69) is 0 Å². The molecule has 1 aromatic rings. The molecule has 1 aliphatic heterocycles. The van der Waals surface area contributed by atoms with Gasteiger partial charge in [0.05, 0.1) is 6.42 Å². The Morgan fingerprint density at radius 1 is 1.23 bits per heavy atom. The Balaban J connectivity index is 2.01. The molecule has 0 radical (unpaired) electrons. The normalized spacial score (nSPS) is 19.1. The molecule has 1 saturated heterocycles. The maximum atomic E-state index is 12.9. The van der Waals surface area contributed by atoms with E-state index < -0.39 is 0 Å². The third-order valence-corrected chi connectivity index (χ3v) is 4.00. The molecule has 2 amide bonds. The zero-order valence-corrected chi connectivity index (χ0v) is 13.3. The summed E-state index contributed by atoms with van der Waals surface area (Å²) < 4.78 is 12.9. The van der Waals surface area contributed by atoms with Crippen molar-refractivity contribution in [1.82, 2.24) is 14.7 Å². The summed E-state index contributed by atoms with van der Waals surface area (Å²) >= 11 is 0. The second-order valence-corrected chi connectivity index (χ2v) is 5.87. The lowest BCUT2D eigenvalue weighted by molar-refractivity contribution is -0.141. The Kier molecular flexibility index (Phi) is 5.13. The van der Waals surface area contributed by atoms with Crippen molar-refractivity contribution in [3.05, 3.63) is 35.6 Å². The summed E-state index contributed by atoms with van der Waals surface area (Å²) in [4.78, 5) is 29.8. The minimum atomic E-state index is -0.313. The van der Waals surface area contributed by atoms with Gasteiger partial charge in [0.2, 0.25) is 11.8 Å². The Labute approximate surface area is 130 Å². The average molecular weight is 307 g/mol. The molecule has 6 heteroatoms. The first-order valence-electron chi connectivity index (χ1n) is 7.32. The van der Waals surface area contributed by atoms with Crippen LogP contribution in [0.3, 0.4) is 0 Å². The van der Waals surface area contributed by atoms with Crippen LogP contribution in [0.2, 0.25) is 0 Å². The number of amides is 2. The van der Waals surface area contributed by atoms with Crippen LogP contribution in [0.5, 0.6) is 0 Å². The van der Waals surface area contributed by atoms with E-state index in [0.717, 1.165) is 5.56 Å². The monoisotopic (exact) mass is 307 g/mol. The number of likely N-dealkylation sites (N-methyl/N-ethyl adjacent to an activating group) is 2. The van der Waals surface area contributed by atoms with Crippen LogP contribution in [-0.4, -0.2) is 73.3 Å². The standard InChI is InChI=1S/C16H22FN3O2/c1-18(2)16(22)14-11-20(9-8-19(14)3)15(21)10-12-4-6-13(17)7-5-12/h4-7,14H,8-11H2,1-3H3/t14-/m0/s1. The molecule has 5 nitrogen and oxygen atoms in total. The summed E-state index contributed by atoms with van der Waals surface area (Å²) in [7, 11) is 5.33. The molecule has 1 aliphatic rings. The number of carbonyl (C=O) groups is 2. The van der Waals surface area contributed by atoms with E-state index in [9.17, 15) is 14.0 Å². The van der Waals surface area contributed by atoms with E-state index in [1.165, 1.54) is 12.1 Å². The lowest BCUT2D eigenvalue weighted by Crippen LogP contribution is -2.58. The highest BCUT2D eigenvalue weighted by molar-refractivity contribution is 5.84. The van der Waals surface area contributed by atoms with Crippen molar-refractivity contribution in [1.29, 1.82) is 0 Å². The van der Waals surface area contributed by atoms with Gasteiger partial charge in [-0.15, -0.1) is 0 Å². The number of hydrogen-bond donors (Lipinski definition) is 0. The third kappa shape index (κ3) is 3.82. The fraction of sp³-hybridized carbons (Fsp3) is 0.500. The highest BCUT2D eigenvalue weighted by atomic mass is 19.1. The first-order valence-corrected chi connectivity index (χ1v) is 7.32. The van der Waals surface area contributed by atoms with Crippen LogP contribution in [0.25, 0.3) is 0 Å². The van der Waals surface area contributed by atoms with Crippen LogP contribution in [0.15, 0.2) is 24.3 Å². The minimum absolute atomic E-state index is 0.00165. The van der Waals surface area contributed by atoms with Crippen LogP contribution in [-0.2, 0) is 16.0 Å². The van der Waals surface area contributed by atoms with Crippen LogP contribution in [0.1, 0.15) is 5.56 Å². The predicted octanol–water partition coefficient (Wildman–Crippen LogP) is 0.599. The van der Waals surface area contributed by atoms with Crippen molar-refractivity contribution in [2.45, 2.75) is 12.5 Å². The first kappa shape index (κ1) is 16.4. The van der Waals surface area contributed by atoms with Crippen molar-refractivity contribution in [2.24, 2.45) is 0 Å². The molecule has 120 valence electrons. The van der Waals surface area contributed by atoms with Gasteiger partial charge in [0, 0.05) is 33.7 Å². The van der Waals surface area contributed by atoms with E-state index in [0.29, 0.717) is 19.6 Å². The molecule has 0 N–H and O–H groups in total. The van der Waals surface area contributed by atoms with Gasteiger partial charge in [-0.25, -0.2) is 4.39 Å². The van der Waals surface area contributed by atoms with Crippen LogP contribution >= 0.6 is 0 Å². The molecule has 1 heterocycles. The number of hydrogen-bond acceptors (Lipinski definition) is 3. The van der Waals surface area contributed by atoms with Crippen molar-refractivity contribution in [2.75, 3.05) is 40.8 Å². The van der Waals surface area contributed by atoms with Gasteiger partial charge in [-0.2, -0.15) is 0 Å². The Bertz CT molecular complexity index is 545. The van der Waals surface area contributed by atoms with E-state index in [-0.39, 0.29) is 30.1 Å². The van der Waals surface area contributed by atoms with Gasteiger partial charge in [0.1, 0.15) is 11.9 Å². The van der Waals surface area contributed by atoms with Gasteiger partial charge in [-0.05, 0) is 24.7 Å². The number of benzene rings is 1. The predicted molar refractivity (Wildman–Crippen MR) is 81.8 cm³/mol. The molecular formula is C16H22FN3O2. The molecule has 2 rings (SSSR count). The number of halogens is 1. The van der Waals surface area contributed by atoms with Gasteiger partial charge in [-0.3, -0.25) is 14.5 Å². The van der Waals surface area contributed by atoms with Crippen molar-refractivity contribution >= 4 is 11.8 Å². The highest BCUT2D eigenvalue weighted by Gasteiger charge is 2.32. The smallest absolute Gasteiger partial charge is 0.241 e. The molecule has 0 unspecified atom stereocenters. The number of nitrogens with zero attached hydrogens (tertiary/aromatic N) is 3. The molecule has 0 bridgehead atoms. The second-order valence-electron chi connectivity index (χ2n) is 5.87. The SMILES string of the molecule is CN(C)C(=O)[C@@H]1CN(C(=O)Cc2ccc(F)cc2)CCN1C. The Morgan fingerprint density at radius 2 is 1.86 bits per heavy atom. The number of piperazine rings is 1. The van der Waals surface area contributed by atoms with E-state index in [1.54, 1.807) is 36.0 Å². The van der Waals surface area contributed by atoms with Crippen molar-refractivity contribution in [3.63, 3.8) is 0 Å². The Hall–Kier alpha value is -1.95. The van der Waals surface area contributed by atoms with Gasteiger partial charge in [-0.1, -0.05) is 12.1 Å². The summed E-state index contributed by atoms with van der Waals surface area (Å²) in [5, 5.41) is 0. The van der Waals surface area contributed by atoms with Crippen LogP contribution in [0, 0.1) is 5.82 Å².